The van der Waals surface area contributed by atoms with Gasteiger partial charge in [0, 0.05) is 23.5 Å². The van der Waals surface area contributed by atoms with Gasteiger partial charge in [-0.2, -0.15) is 0 Å². The predicted molar refractivity (Wildman–Crippen MR) is 97.8 cm³/mol. The summed E-state index contributed by atoms with van der Waals surface area (Å²) in [5, 5.41) is 6.81. The van der Waals surface area contributed by atoms with E-state index in [1.54, 1.807) is 24.6 Å². The molecule has 2 aromatic heterocycles. The van der Waals surface area contributed by atoms with E-state index in [9.17, 15) is 4.79 Å². The summed E-state index contributed by atoms with van der Waals surface area (Å²) in [7, 11) is 0. The molecule has 0 spiro atoms. The summed E-state index contributed by atoms with van der Waals surface area (Å²) >= 11 is 5.98. The maximum Gasteiger partial charge on any atom is 0.270 e. The second-order valence-electron chi connectivity index (χ2n) is 5.50. The van der Waals surface area contributed by atoms with Crippen LogP contribution in [0.4, 0.5) is 5.69 Å². The number of aromatic nitrogens is 1. The van der Waals surface area contributed by atoms with Gasteiger partial charge in [-0.25, -0.2) is 0 Å². The number of benzene rings is 1. The van der Waals surface area contributed by atoms with Crippen LogP contribution in [0.1, 0.15) is 21.8 Å². The van der Waals surface area contributed by atoms with Crippen LogP contribution in [-0.2, 0) is 13.0 Å². The summed E-state index contributed by atoms with van der Waals surface area (Å²) in [5.74, 6) is 0.457. The van der Waals surface area contributed by atoms with Crippen molar-refractivity contribution in [3.63, 3.8) is 0 Å². The van der Waals surface area contributed by atoms with Gasteiger partial charge in [0.05, 0.1) is 12.8 Å². The van der Waals surface area contributed by atoms with Crippen LogP contribution in [0.3, 0.4) is 0 Å². The first-order valence-corrected chi connectivity index (χ1v) is 8.33. The van der Waals surface area contributed by atoms with Gasteiger partial charge in [-0.1, -0.05) is 23.7 Å². The molecule has 1 amide bonds. The lowest BCUT2D eigenvalue weighted by molar-refractivity contribution is 0.0943. The number of carbonyl (C=O) groups is 1. The lowest BCUT2D eigenvalue weighted by Gasteiger charge is -2.08. The number of nitrogens with one attached hydrogen (secondary N) is 2. The summed E-state index contributed by atoms with van der Waals surface area (Å²) in [4.78, 5) is 16.3. The van der Waals surface area contributed by atoms with E-state index in [4.69, 9.17) is 16.0 Å². The third kappa shape index (κ3) is 5.09. The highest BCUT2D eigenvalue weighted by Gasteiger charge is 2.08. The number of pyridine rings is 1. The van der Waals surface area contributed by atoms with Crippen LogP contribution in [0, 0.1) is 0 Å². The summed E-state index contributed by atoms with van der Waals surface area (Å²) in [6, 6.07) is 14.9. The topological polar surface area (TPSA) is 67.2 Å². The molecule has 0 aliphatic heterocycles. The zero-order chi connectivity index (χ0) is 17.5. The fraction of sp³-hybridized carbons (Fsp3) is 0.158. The molecule has 3 aromatic rings. The molecule has 5 nitrogen and oxygen atoms in total. The standard InChI is InChI=1S/C19H18ClN3O2/c20-15-4-1-3-14(11-15)6-8-21-16-7-9-22-18(12-16)19(24)23-13-17-5-2-10-25-17/h1-5,7,9-12H,6,8,13H2,(H,21,22)(H,23,24). The number of anilines is 1. The number of nitrogens with zero attached hydrogens (tertiary/aromatic N) is 1. The highest BCUT2D eigenvalue weighted by atomic mass is 35.5. The molecule has 1 aromatic carbocycles. The van der Waals surface area contributed by atoms with Crippen molar-refractivity contribution in [1.29, 1.82) is 0 Å². The monoisotopic (exact) mass is 355 g/mol. The van der Waals surface area contributed by atoms with Crippen molar-refractivity contribution in [2.75, 3.05) is 11.9 Å². The van der Waals surface area contributed by atoms with Gasteiger partial charge in [0.15, 0.2) is 0 Å². The third-order valence-corrected chi connectivity index (χ3v) is 3.86. The van der Waals surface area contributed by atoms with Crippen LogP contribution in [0.5, 0.6) is 0 Å². The predicted octanol–water partition coefficient (Wildman–Crippen LogP) is 3.91. The van der Waals surface area contributed by atoms with Crippen LogP contribution >= 0.6 is 11.6 Å². The lowest BCUT2D eigenvalue weighted by Crippen LogP contribution is -2.23. The quantitative estimate of drug-likeness (QED) is 0.674. The SMILES string of the molecule is O=C(NCc1ccco1)c1cc(NCCc2cccc(Cl)c2)ccn1. The molecular weight excluding hydrogens is 338 g/mol. The minimum Gasteiger partial charge on any atom is -0.467 e. The fourth-order valence-corrected chi connectivity index (χ4v) is 2.59. The van der Waals surface area contributed by atoms with E-state index in [0.29, 0.717) is 18.0 Å². The Labute approximate surface area is 151 Å². The Morgan fingerprint density at radius 2 is 2.08 bits per heavy atom. The van der Waals surface area contributed by atoms with Crippen molar-refractivity contribution in [2.45, 2.75) is 13.0 Å². The van der Waals surface area contributed by atoms with Crippen LogP contribution in [0.2, 0.25) is 5.02 Å². The zero-order valence-corrected chi connectivity index (χ0v) is 14.3. The maximum atomic E-state index is 12.2. The number of hydrogen-bond acceptors (Lipinski definition) is 4. The van der Waals surface area contributed by atoms with Crippen LogP contribution < -0.4 is 10.6 Å². The average molecular weight is 356 g/mol. The van der Waals surface area contributed by atoms with Crippen molar-refractivity contribution in [3.8, 4) is 0 Å². The smallest absolute Gasteiger partial charge is 0.270 e. The fourth-order valence-electron chi connectivity index (χ4n) is 2.38. The number of hydrogen-bond donors (Lipinski definition) is 2. The second-order valence-corrected chi connectivity index (χ2v) is 5.93. The first-order valence-electron chi connectivity index (χ1n) is 7.96. The molecule has 0 unspecified atom stereocenters. The third-order valence-electron chi connectivity index (χ3n) is 3.63. The van der Waals surface area contributed by atoms with Gasteiger partial charge in [-0.15, -0.1) is 0 Å². The summed E-state index contributed by atoms with van der Waals surface area (Å²) in [6.45, 7) is 1.07. The minimum absolute atomic E-state index is 0.241. The van der Waals surface area contributed by atoms with Gasteiger partial charge in [0.25, 0.3) is 5.91 Å². The first kappa shape index (κ1) is 17.0. The Kier molecular flexibility index (Phi) is 5.69. The molecule has 0 aliphatic carbocycles. The molecule has 0 saturated carbocycles. The van der Waals surface area contributed by atoms with Crippen molar-refractivity contribution >= 4 is 23.2 Å². The molecule has 6 heteroatoms. The van der Waals surface area contributed by atoms with Gasteiger partial charge >= 0.3 is 0 Å². The average Bonchev–Trinajstić information content (AvgIpc) is 3.14. The van der Waals surface area contributed by atoms with E-state index in [0.717, 1.165) is 29.2 Å². The van der Waals surface area contributed by atoms with Crippen molar-refractivity contribution in [1.82, 2.24) is 10.3 Å². The molecule has 0 radical (unpaired) electrons. The van der Waals surface area contributed by atoms with Gasteiger partial charge in [-0.3, -0.25) is 9.78 Å². The van der Waals surface area contributed by atoms with Crippen LogP contribution in [0.25, 0.3) is 0 Å². The van der Waals surface area contributed by atoms with Crippen LogP contribution in [-0.4, -0.2) is 17.4 Å². The zero-order valence-electron chi connectivity index (χ0n) is 13.5. The molecule has 0 atom stereocenters. The summed E-state index contributed by atoms with van der Waals surface area (Å²) in [6.07, 6.45) is 4.02. The molecule has 0 aliphatic rings. The Morgan fingerprint density at radius 3 is 2.88 bits per heavy atom. The van der Waals surface area contributed by atoms with Gasteiger partial charge in [0.1, 0.15) is 11.5 Å². The number of rotatable bonds is 7. The normalized spacial score (nSPS) is 10.4. The first-order chi connectivity index (χ1) is 12.2. The summed E-state index contributed by atoms with van der Waals surface area (Å²) in [5.41, 5.74) is 2.37. The molecular formula is C19H18ClN3O2. The molecule has 3 rings (SSSR count). The number of amides is 1. The molecule has 2 heterocycles. The van der Waals surface area contributed by atoms with E-state index in [1.807, 2.05) is 36.4 Å². The van der Waals surface area contributed by atoms with E-state index in [-0.39, 0.29) is 5.91 Å². The Balaban J connectivity index is 1.52. The number of furan rings is 1. The van der Waals surface area contributed by atoms with E-state index in [1.165, 1.54) is 0 Å². The van der Waals surface area contributed by atoms with Gasteiger partial charge < -0.3 is 15.1 Å². The number of halogens is 1. The van der Waals surface area contributed by atoms with E-state index >= 15 is 0 Å². The van der Waals surface area contributed by atoms with Crippen molar-refractivity contribution < 1.29 is 9.21 Å². The van der Waals surface area contributed by atoms with E-state index < -0.39 is 0 Å². The highest BCUT2D eigenvalue weighted by molar-refractivity contribution is 6.30. The minimum atomic E-state index is -0.241. The van der Waals surface area contributed by atoms with E-state index in [2.05, 4.69) is 15.6 Å². The molecule has 0 bridgehead atoms. The number of carbonyl (C=O) groups excluding carboxylic acids is 1. The largest absolute Gasteiger partial charge is 0.467 e. The Hall–Kier alpha value is -2.79. The highest BCUT2D eigenvalue weighted by Crippen LogP contribution is 2.12. The molecule has 2 N–H and O–H groups in total. The summed E-state index contributed by atoms with van der Waals surface area (Å²) < 4.78 is 5.19. The molecule has 128 valence electrons. The second kappa shape index (κ2) is 8.35. The molecule has 0 saturated heterocycles. The van der Waals surface area contributed by atoms with Crippen molar-refractivity contribution in [3.05, 3.63) is 83.0 Å². The molecule has 0 fully saturated rings. The Bertz CT molecular complexity index is 834. The lowest BCUT2D eigenvalue weighted by atomic mass is 10.1. The van der Waals surface area contributed by atoms with Crippen LogP contribution in [0.15, 0.2) is 65.4 Å². The van der Waals surface area contributed by atoms with Gasteiger partial charge in [-0.05, 0) is 48.4 Å². The Morgan fingerprint density at radius 1 is 1.16 bits per heavy atom. The maximum absolute atomic E-state index is 12.2. The molecule has 25 heavy (non-hydrogen) atoms. The van der Waals surface area contributed by atoms with Gasteiger partial charge in [0.2, 0.25) is 0 Å². The van der Waals surface area contributed by atoms with Crippen molar-refractivity contribution in [2.24, 2.45) is 0 Å².